The van der Waals surface area contributed by atoms with Gasteiger partial charge in [0.05, 0.1) is 16.5 Å². The molecular weight excluding hydrogens is 483 g/mol. The molecule has 0 saturated heterocycles. The summed E-state index contributed by atoms with van der Waals surface area (Å²) < 4.78 is 34.4. The largest absolute Gasteiger partial charge is 1.00 e. The van der Waals surface area contributed by atoms with Crippen LogP contribution in [0.3, 0.4) is 0 Å². The summed E-state index contributed by atoms with van der Waals surface area (Å²) in [6.07, 6.45) is 0.745. The average molecular weight is 510 g/mol. The third-order valence-electron chi connectivity index (χ3n) is 4.77. The highest BCUT2D eigenvalue weighted by atomic mass is 35.5. The van der Waals surface area contributed by atoms with Gasteiger partial charge in [-0.05, 0) is 60.8 Å². The van der Waals surface area contributed by atoms with E-state index in [9.17, 15) is 8.42 Å². The van der Waals surface area contributed by atoms with E-state index in [1.807, 2.05) is 49.4 Å². The van der Waals surface area contributed by atoms with E-state index in [0.717, 1.165) is 23.1 Å². The fourth-order valence-electron chi connectivity index (χ4n) is 3.17. The number of hydrogen-bond acceptors (Lipinski definition) is 5. The maximum absolute atomic E-state index is 11.3. The van der Waals surface area contributed by atoms with Crippen LogP contribution in [0.4, 0.5) is 0 Å². The van der Waals surface area contributed by atoms with E-state index in [4.69, 9.17) is 26.2 Å². The second-order valence-corrected chi connectivity index (χ2v) is 9.20. The molecule has 0 saturated carbocycles. The molecule has 0 bridgehead atoms. The second-order valence-electron chi connectivity index (χ2n) is 7.23. The van der Waals surface area contributed by atoms with Gasteiger partial charge in [-0.15, -0.1) is 0 Å². The van der Waals surface area contributed by atoms with Crippen LogP contribution in [-0.4, -0.2) is 21.6 Å². The smallest absolute Gasteiger partial charge is 0.238 e. The lowest BCUT2D eigenvalue weighted by molar-refractivity contribution is -0.00000981. The van der Waals surface area contributed by atoms with E-state index < -0.39 is 10.0 Å². The highest BCUT2D eigenvalue weighted by molar-refractivity contribution is 7.89. The van der Waals surface area contributed by atoms with Crippen molar-refractivity contribution >= 4 is 21.6 Å². The standard InChI is InChI=1S/C24H27ClN2O4S.ClH/c1-2-30-23-15-20(14-22(25)24(23)31-17-19-6-4-3-5-7-19)16-27-13-12-18-8-10-21(11-9-18)32(26,28)29;/h3-11,14-15,27H,2,12-13,16-17H2,1H3,(H2,26,28,29);1H/p-1. The van der Waals surface area contributed by atoms with Gasteiger partial charge in [0.15, 0.2) is 11.5 Å². The van der Waals surface area contributed by atoms with E-state index in [0.29, 0.717) is 42.8 Å². The molecule has 3 aromatic rings. The van der Waals surface area contributed by atoms with Crippen LogP contribution in [0, 0.1) is 0 Å². The molecule has 33 heavy (non-hydrogen) atoms. The van der Waals surface area contributed by atoms with Crippen LogP contribution in [0.15, 0.2) is 71.6 Å². The van der Waals surface area contributed by atoms with Crippen molar-refractivity contribution in [2.75, 3.05) is 13.2 Å². The van der Waals surface area contributed by atoms with Gasteiger partial charge in [0, 0.05) is 6.54 Å². The van der Waals surface area contributed by atoms with E-state index in [1.54, 1.807) is 12.1 Å². The Kier molecular flexibility index (Phi) is 10.5. The Morgan fingerprint density at radius 2 is 1.64 bits per heavy atom. The van der Waals surface area contributed by atoms with Crippen molar-refractivity contribution in [3.63, 3.8) is 0 Å². The Labute approximate surface area is 206 Å². The third kappa shape index (κ3) is 8.21. The maximum Gasteiger partial charge on any atom is 0.238 e. The zero-order chi connectivity index (χ0) is 23.0. The van der Waals surface area contributed by atoms with Gasteiger partial charge in [-0.25, -0.2) is 13.6 Å². The number of hydrogen-bond donors (Lipinski definition) is 2. The lowest BCUT2D eigenvalue weighted by Crippen LogP contribution is -3.00. The summed E-state index contributed by atoms with van der Waals surface area (Å²) in [6.45, 7) is 4.14. The molecule has 0 atom stereocenters. The maximum atomic E-state index is 11.3. The SMILES string of the molecule is CCOc1cc(CNCCc2ccc(S(N)(=O)=O)cc2)cc(Cl)c1OCc1ccccc1.[Cl-]. The predicted octanol–water partition coefficient (Wildman–Crippen LogP) is 1.30. The molecule has 0 aliphatic carbocycles. The highest BCUT2D eigenvalue weighted by Crippen LogP contribution is 2.37. The number of sulfonamides is 1. The van der Waals surface area contributed by atoms with Gasteiger partial charge in [-0.3, -0.25) is 0 Å². The zero-order valence-corrected chi connectivity index (χ0v) is 20.6. The van der Waals surface area contributed by atoms with E-state index >= 15 is 0 Å². The number of rotatable bonds is 11. The first-order chi connectivity index (χ1) is 15.4. The second kappa shape index (κ2) is 12.8. The van der Waals surface area contributed by atoms with Crippen LogP contribution < -0.4 is 32.3 Å². The molecular formula is C24H27Cl2N2O4S-. The lowest BCUT2D eigenvalue weighted by Gasteiger charge is -2.16. The van der Waals surface area contributed by atoms with Crippen LogP contribution >= 0.6 is 11.6 Å². The number of nitrogens with one attached hydrogen (secondary N) is 1. The first-order valence-corrected chi connectivity index (χ1v) is 12.2. The van der Waals surface area contributed by atoms with Crippen molar-refractivity contribution in [3.8, 4) is 11.5 Å². The van der Waals surface area contributed by atoms with Crippen LogP contribution in [-0.2, 0) is 29.6 Å². The third-order valence-corrected chi connectivity index (χ3v) is 5.98. The molecule has 3 N–H and O–H groups in total. The molecule has 178 valence electrons. The molecule has 3 aromatic carbocycles. The van der Waals surface area contributed by atoms with Crippen LogP contribution in [0.1, 0.15) is 23.6 Å². The molecule has 0 fully saturated rings. The molecule has 0 radical (unpaired) electrons. The Bertz CT molecular complexity index is 1130. The van der Waals surface area contributed by atoms with Crippen molar-refractivity contribution < 1.29 is 30.3 Å². The molecule has 0 spiro atoms. The van der Waals surface area contributed by atoms with E-state index in [-0.39, 0.29) is 17.3 Å². The lowest BCUT2D eigenvalue weighted by atomic mass is 10.1. The number of primary sulfonamides is 1. The molecule has 9 heteroatoms. The fourth-order valence-corrected chi connectivity index (χ4v) is 3.97. The van der Waals surface area contributed by atoms with Gasteiger partial charge >= 0.3 is 0 Å². The minimum atomic E-state index is -3.67. The van der Waals surface area contributed by atoms with Crippen molar-refractivity contribution in [2.45, 2.75) is 31.4 Å². The Hall–Kier alpha value is -2.29. The summed E-state index contributed by atoms with van der Waals surface area (Å²) in [5, 5.41) is 9.00. The quantitative estimate of drug-likeness (QED) is 0.380. The number of nitrogens with two attached hydrogens (primary N) is 1. The minimum Gasteiger partial charge on any atom is -1.00 e. The van der Waals surface area contributed by atoms with Gasteiger partial charge in [-0.1, -0.05) is 54.1 Å². The van der Waals surface area contributed by atoms with Crippen molar-refractivity contribution in [1.82, 2.24) is 5.32 Å². The Morgan fingerprint density at radius 1 is 0.939 bits per heavy atom. The summed E-state index contributed by atoms with van der Waals surface area (Å²) in [5.74, 6) is 1.15. The molecule has 0 heterocycles. The summed E-state index contributed by atoms with van der Waals surface area (Å²) in [7, 11) is -3.67. The molecule has 0 amide bonds. The normalized spacial score (nSPS) is 11.0. The number of benzene rings is 3. The molecule has 3 rings (SSSR count). The Balaban J connectivity index is 0.00000385. The highest BCUT2D eigenvalue weighted by Gasteiger charge is 2.13. The van der Waals surface area contributed by atoms with Crippen molar-refractivity contribution in [2.24, 2.45) is 5.14 Å². The molecule has 0 aliphatic heterocycles. The summed E-state index contributed by atoms with van der Waals surface area (Å²) >= 11 is 6.50. The number of ether oxygens (including phenoxy) is 2. The van der Waals surface area contributed by atoms with Gasteiger partial charge in [-0.2, -0.15) is 0 Å². The van der Waals surface area contributed by atoms with Crippen LogP contribution in [0.25, 0.3) is 0 Å². The topological polar surface area (TPSA) is 90.6 Å². The summed E-state index contributed by atoms with van der Waals surface area (Å²) in [6, 6.07) is 20.3. The van der Waals surface area contributed by atoms with Crippen LogP contribution in [0.5, 0.6) is 11.5 Å². The van der Waals surface area contributed by atoms with Crippen molar-refractivity contribution in [1.29, 1.82) is 0 Å². The Morgan fingerprint density at radius 3 is 2.27 bits per heavy atom. The first-order valence-electron chi connectivity index (χ1n) is 10.3. The molecule has 6 nitrogen and oxygen atoms in total. The average Bonchev–Trinajstić information content (AvgIpc) is 2.77. The first kappa shape index (κ1) is 27.0. The summed E-state index contributed by atoms with van der Waals surface area (Å²) in [5.41, 5.74) is 3.05. The molecule has 0 aromatic heterocycles. The van der Waals surface area contributed by atoms with Gasteiger partial charge < -0.3 is 27.2 Å². The van der Waals surface area contributed by atoms with Gasteiger partial charge in [0.1, 0.15) is 6.61 Å². The minimum absolute atomic E-state index is 0. The predicted molar refractivity (Wildman–Crippen MR) is 127 cm³/mol. The van der Waals surface area contributed by atoms with Crippen LogP contribution in [0.2, 0.25) is 5.02 Å². The van der Waals surface area contributed by atoms with Crippen molar-refractivity contribution in [3.05, 3.63) is 88.4 Å². The number of halogens is 2. The molecule has 0 unspecified atom stereocenters. The monoisotopic (exact) mass is 509 g/mol. The zero-order valence-electron chi connectivity index (χ0n) is 18.3. The van der Waals surface area contributed by atoms with E-state index in [1.165, 1.54) is 12.1 Å². The van der Waals surface area contributed by atoms with Gasteiger partial charge in [0.25, 0.3) is 0 Å². The molecule has 0 aliphatic rings. The summed E-state index contributed by atoms with van der Waals surface area (Å²) in [4.78, 5) is 0.113. The van der Waals surface area contributed by atoms with Gasteiger partial charge in [0.2, 0.25) is 10.0 Å². The fraction of sp³-hybridized carbons (Fsp3) is 0.250. The van der Waals surface area contributed by atoms with E-state index in [2.05, 4.69) is 5.32 Å².